The number of halogens is 1. The van der Waals surface area contributed by atoms with Gasteiger partial charge in [-0.2, -0.15) is 0 Å². The maximum atomic E-state index is 15.1. The molecule has 0 amide bonds. The van der Waals surface area contributed by atoms with Crippen molar-refractivity contribution in [3.8, 4) is 27.8 Å². The van der Waals surface area contributed by atoms with Crippen LogP contribution in [0.2, 0.25) is 0 Å². The van der Waals surface area contributed by atoms with E-state index in [2.05, 4.69) is 21.4 Å². The summed E-state index contributed by atoms with van der Waals surface area (Å²) in [5.41, 5.74) is 2.79. The van der Waals surface area contributed by atoms with Crippen LogP contribution in [0.5, 0.6) is 17.2 Å². The Bertz CT molecular complexity index is 1780. The number of ether oxygens (including phenoxy) is 2. The first-order chi connectivity index (χ1) is 20.7. The Balaban J connectivity index is 1.27. The smallest absolute Gasteiger partial charge is 0.166 e. The maximum Gasteiger partial charge on any atom is 0.166 e. The summed E-state index contributed by atoms with van der Waals surface area (Å²) in [6, 6.07) is 15.3. The molecule has 0 aliphatic carbocycles. The first-order valence-electron chi connectivity index (χ1n) is 13.9. The number of thiophene rings is 1. The number of pyridine rings is 1. The van der Waals surface area contributed by atoms with E-state index in [0.717, 1.165) is 45.3 Å². The Morgan fingerprint density at radius 2 is 1.79 bits per heavy atom. The summed E-state index contributed by atoms with van der Waals surface area (Å²) in [6.07, 6.45) is 3.47. The largest absolute Gasteiger partial charge is 0.496 e. The standard InChI is InChI=1S/C33H33FN4O4S/c1-5-38-19-27(36-32(38)20-37(2)3)31-18-26-33(43-31)30(12-13-35-26)42-29-11-10-21(15-25(29)34)14-23(39)17-24(40)16-22-8-6-7-9-28(22)41-4/h6-13,15,18-19H,5,14,16-17,20H2,1-4H3. The molecule has 0 radical (unpaired) electrons. The molecule has 3 heterocycles. The van der Waals surface area contributed by atoms with E-state index in [-0.39, 0.29) is 36.6 Å². The second-order valence-corrected chi connectivity index (χ2v) is 11.5. The fourth-order valence-corrected chi connectivity index (χ4v) is 5.89. The van der Waals surface area contributed by atoms with Gasteiger partial charge < -0.3 is 18.9 Å². The summed E-state index contributed by atoms with van der Waals surface area (Å²) in [4.78, 5) is 37.4. The topological polar surface area (TPSA) is 86.5 Å². The number of imidazole rings is 1. The maximum absolute atomic E-state index is 15.1. The number of hydrogen-bond acceptors (Lipinski definition) is 8. The second-order valence-electron chi connectivity index (χ2n) is 10.5. The zero-order valence-corrected chi connectivity index (χ0v) is 25.4. The normalized spacial score (nSPS) is 11.3. The summed E-state index contributed by atoms with van der Waals surface area (Å²) >= 11 is 1.49. The lowest BCUT2D eigenvalue weighted by Gasteiger charge is -2.09. The molecular weight excluding hydrogens is 567 g/mol. The number of fused-ring (bicyclic) bond motifs is 1. The molecule has 5 rings (SSSR count). The quantitative estimate of drug-likeness (QED) is 0.143. The van der Waals surface area contributed by atoms with Gasteiger partial charge in [-0.25, -0.2) is 9.37 Å². The predicted molar refractivity (Wildman–Crippen MR) is 165 cm³/mol. The van der Waals surface area contributed by atoms with Gasteiger partial charge in [0.05, 0.1) is 40.9 Å². The van der Waals surface area contributed by atoms with Gasteiger partial charge in [0.15, 0.2) is 11.6 Å². The molecule has 8 nitrogen and oxygen atoms in total. The summed E-state index contributed by atoms with van der Waals surface area (Å²) < 4.78 is 29.3. The highest BCUT2D eigenvalue weighted by atomic mass is 32.1. The molecule has 0 saturated heterocycles. The van der Waals surface area contributed by atoms with Gasteiger partial charge in [-0.1, -0.05) is 24.3 Å². The van der Waals surface area contributed by atoms with Gasteiger partial charge in [-0.3, -0.25) is 14.6 Å². The van der Waals surface area contributed by atoms with Crippen LogP contribution in [0.15, 0.2) is 67.0 Å². The number of Topliss-reactive ketones (excluding diaryl/α,β-unsaturated/α-hetero) is 2. The number of methoxy groups -OCH3 is 1. The first-order valence-corrected chi connectivity index (χ1v) is 14.8. The number of nitrogens with zero attached hydrogens (tertiary/aromatic N) is 4. The fraction of sp³-hybridized carbons (Fsp3) is 0.273. The second kappa shape index (κ2) is 13.3. The zero-order chi connectivity index (χ0) is 30.5. The third-order valence-electron chi connectivity index (χ3n) is 6.88. The molecule has 0 fully saturated rings. The minimum Gasteiger partial charge on any atom is -0.496 e. The highest BCUT2D eigenvalue weighted by molar-refractivity contribution is 7.22. The van der Waals surface area contributed by atoms with E-state index in [1.165, 1.54) is 30.6 Å². The van der Waals surface area contributed by atoms with E-state index in [1.54, 1.807) is 30.5 Å². The number of aromatic nitrogens is 3. The molecule has 43 heavy (non-hydrogen) atoms. The van der Waals surface area contributed by atoms with Crippen molar-refractivity contribution in [2.75, 3.05) is 21.2 Å². The number of aryl methyl sites for hydroxylation is 1. The number of para-hydroxylation sites is 1. The number of rotatable bonds is 13. The van der Waals surface area contributed by atoms with Crippen LogP contribution >= 0.6 is 11.3 Å². The third kappa shape index (κ3) is 7.15. The van der Waals surface area contributed by atoms with E-state index in [9.17, 15) is 9.59 Å². The Morgan fingerprint density at radius 1 is 1.00 bits per heavy atom. The molecule has 0 aliphatic heterocycles. The number of ketones is 2. The monoisotopic (exact) mass is 600 g/mol. The summed E-state index contributed by atoms with van der Waals surface area (Å²) in [5, 5.41) is 0. The SMILES string of the molecule is CCn1cc(-c2cc3nccc(Oc4ccc(CC(=O)CC(=O)Cc5ccccc5OC)cc4F)c3s2)nc1CN(C)C. The van der Waals surface area contributed by atoms with Crippen molar-refractivity contribution in [3.05, 3.63) is 89.8 Å². The van der Waals surface area contributed by atoms with E-state index in [1.807, 2.05) is 38.5 Å². The van der Waals surface area contributed by atoms with Gasteiger partial charge in [0.25, 0.3) is 0 Å². The third-order valence-corrected chi connectivity index (χ3v) is 8.04. The van der Waals surface area contributed by atoms with E-state index >= 15 is 4.39 Å². The van der Waals surface area contributed by atoms with Crippen LogP contribution in [0.3, 0.4) is 0 Å². The molecule has 0 spiro atoms. The number of carbonyl (C=O) groups excluding carboxylic acids is 2. The molecule has 0 N–H and O–H groups in total. The Morgan fingerprint density at radius 3 is 2.53 bits per heavy atom. The molecule has 0 atom stereocenters. The van der Waals surface area contributed by atoms with Crippen molar-refractivity contribution in [1.82, 2.24) is 19.4 Å². The van der Waals surface area contributed by atoms with E-state index < -0.39 is 5.82 Å². The Hall–Kier alpha value is -4.41. The van der Waals surface area contributed by atoms with Crippen molar-refractivity contribution in [1.29, 1.82) is 0 Å². The van der Waals surface area contributed by atoms with Gasteiger partial charge in [-0.05, 0) is 50.8 Å². The Kier molecular flexibility index (Phi) is 9.27. The van der Waals surface area contributed by atoms with Crippen molar-refractivity contribution in [2.45, 2.75) is 39.3 Å². The van der Waals surface area contributed by atoms with Crippen molar-refractivity contribution in [3.63, 3.8) is 0 Å². The van der Waals surface area contributed by atoms with Crippen LogP contribution in [-0.2, 0) is 35.5 Å². The molecule has 0 saturated carbocycles. The van der Waals surface area contributed by atoms with Crippen LogP contribution in [0, 0.1) is 5.82 Å². The van der Waals surface area contributed by atoms with Crippen molar-refractivity contribution >= 4 is 33.1 Å². The average molecular weight is 601 g/mol. The highest BCUT2D eigenvalue weighted by Gasteiger charge is 2.18. The van der Waals surface area contributed by atoms with Gasteiger partial charge in [0.1, 0.15) is 28.9 Å². The van der Waals surface area contributed by atoms with Crippen LogP contribution in [-0.4, -0.2) is 52.2 Å². The molecule has 5 aromatic rings. The van der Waals surface area contributed by atoms with E-state index in [4.69, 9.17) is 14.5 Å². The van der Waals surface area contributed by atoms with Gasteiger partial charge in [-0.15, -0.1) is 11.3 Å². The summed E-state index contributed by atoms with van der Waals surface area (Å²) in [6.45, 7) is 3.63. The molecule has 0 aliphatic rings. The fourth-order valence-electron chi connectivity index (χ4n) is 4.87. The Labute approximate surface area is 253 Å². The van der Waals surface area contributed by atoms with Crippen LogP contribution < -0.4 is 9.47 Å². The minimum atomic E-state index is -0.595. The van der Waals surface area contributed by atoms with Gasteiger partial charge in [0, 0.05) is 43.4 Å². The molecule has 0 bridgehead atoms. The molecular formula is C33H33FN4O4S. The van der Waals surface area contributed by atoms with Gasteiger partial charge in [0.2, 0.25) is 0 Å². The average Bonchev–Trinajstić information content (AvgIpc) is 3.59. The molecule has 10 heteroatoms. The molecule has 2 aromatic carbocycles. The number of hydrogen-bond donors (Lipinski definition) is 0. The minimum absolute atomic E-state index is 0.0365. The molecule has 222 valence electrons. The van der Waals surface area contributed by atoms with Crippen LogP contribution in [0.1, 0.15) is 30.3 Å². The van der Waals surface area contributed by atoms with Crippen LogP contribution in [0.25, 0.3) is 20.8 Å². The van der Waals surface area contributed by atoms with Crippen molar-refractivity contribution < 1.29 is 23.5 Å². The summed E-state index contributed by atoms with van der Waals surface area (Å²) in [5.74, 6) is 1.00. The lowest BCUT2D eigenvalue weighted by Crippen LogP contribution is -2.15. The molecule has 0 unspecified atom stereocenters. The first kappa shape index (κ1) is 30.1. The summed E-state index contributed by atoms with van der Waals surface area (Å²) in [7, 11) is 5.56. The number of benzene rings is 2. The van der Waals surface area contributed by atoms with Crippen LogP contribution in [0.4, 0.5) is 4.39 Å². The predicted octanol–water partition coefficient (Wildman–Crippen LogP) is 6.49. The lowest BCUT2D eigenvalue weighted by atomic mass is 10.0. The van der Waals surface area contributed by atoms with E-state index in [0.29, 0.717) is 17.1 Å². The van der Waals surface area contributed by atoms with Crippen molar-refractivity contribution in [2.24, 2.45) is 0 Å². The molecule has 3 aromatic heterocycles. The zero-order valence-electron chi connectivity index (χ0n) is 24.6. The number of carbonyl (C=O) groups is 2. The highest BCUT2D eigenvalue weighted by Crippen LogP contribution is 2.39. The van der Waals surface area contributed by atoms with Gasteiger partial charge >= 0.3 is 0 Å². The lowest BCUT2D eigenvalue weighted by molar-refractivity contribution is -0.126.